The number of hydrogen-bond acceptors (Lipinski definition) is 5. The molecule has 0 radical (unpaired) electrons. The van der Waals surface area contributed by atoms with Crippen molar-refractivity contribution >= 4 is 44.9 Å². The van der Waals surface area contributed by atoms with E-state index in [9.17, 15) is 22.8 Å². The lowest BCUT2D eigenvalue weighted by atomic mass is 10.1. The van der Waals surface area contributed by atoms with Crippen LogP contribution in [0.25, 0.3) is 21.3 Å². The summed E-state index contributed by atoms with van der Waals surface area (Å²) in [6.07, 6.45) is 0. The van der Waals surface area contributed by atoms with Gasteiger partial charge in [0.15, 0.2) is 5.16 Å². The van der Waals surface area contributed by atoms with Crippen LogP contribution >= 0.6 is 23.1 Å². The second kappa shape index (κ2) is 8.56. The molecule has 2 N–H and O–H groups in total. The fourth-order valence-electron chi connectivity index (χ4n) is 2.88. The summed E-state index contributed by atoms with van der Waals surface area (Å²) in [7, 11) is 0. The molecule has 5 nitrogen and oxygen atoms in total. The Hall–Kier alpha value is -3.11. The summed E-state index contributed by atoms with van der Waals surface area (Å²) < 4.78 is 40.2. The lowest BCUT2D eigenvalue weighted by Crippen LogP contribution is -2.23. The third-order valence-corrected chi connectivity index (χ3v) is 6.28. The van der Waals surface area contributed by atoms with Gasteiger partial charge in [-0.15, -0.1) is 11.3 Å². The van der Waals surface area contributed by atoms with Crippen molar-refractivity contribution in [2.75, 3.05) is 5.32 Å². The molecule has 158 valence electrons. The number of carbonyl (C=O) groups excluding carboxylic acids is 1. The summed E-state index contributed by atoms with van der Waals surface area (Å²) in [6.45, 7) is 1.56. The van der Waals surface area contributed by atoms with E-state index >= 15 is 0 Å². The molecule has 0 bridgehead atoms. The predicted octanol–water partition coefficient (Wildman–Crippen LogP) is 5.19. The summed E-state index contributed by atoms with van der Waals surface area (Å²) in [5.41, 5.74) is 0.663. The largest absolute Gasteiger partial charge is 0.323 e. The Kier molecular flexibility index (Phi) is 5.84. The fraction of sp³-hybridized carbons (Fsp3) is 0.0952. The third kappa shape index (κ3) is 4.49. The highest BCUT2D eigenvalue weighted by Gasteiger charge is 2.20. The highest BCUT2D eigenvalue weighted by Crippen LogP contribution is 2.32. The van der Waals surface area contributed by atoms with E-state index in [1.807, 2.05) is 0 Å². The molecule has 0 fully saturated rings. The highest BCUT2D eigenvalue weighted by atomic mass is 32.2. The number of nitrogens with zero attached hydrogens (tertiary/aromatic N) is 1. The number of carbonyl (C=O) groups is 1. The molecule has 0 aliphatic carbocycles. The first-order valence-corrected chi connectivity index (χ1v) is 10.8. The monoisotopic (exact) mass is 461 g/mol. The summed E-state index contributed by atoms with van der Waals surface area (Å²) in [5.74, 6) is -2.38. The number of aromatic amines is 1. The molecular formula is C21H14F3N3O2S2. The molecule has 31 heavy (non-hydrogen) atoms. The van der Waals surface area contributed by atoms with Gasteiger partial charge in [0.25, 0.3) is 5.56 Å². The van der Waals surface area contributed by atoms with Crippen LogP contribution in [-0.2, 0) is 4.79 Å². The molecule has 0 aliphatic rings. The van der Waals surface area contributed by atoms with E-state index in [0.717, 1.165) is 30.0 Å². The number of halogens is 3. The maximum Gasteiger partial charge on any atom is 0.260 e. The van der Waals surface area contributed by atoms with Crippen molar-refractivity contribution in [3.63, 3.8) is 0 Å². The Bertz CT molecular complexity index is 1340. The van der Waals surface area contributed by atoms with Crippen molar-refractivity contribution in [2.45, 2.75) is 17.3 Å². The quantitative estimate of drug-likeness (QED) is 0.317. The van der Waals surface area contributed by atoms with Crippen LogP contribution in [0.15, 0.2) is 57.8 Å². The number of hydrogen-bond donors (Lipinski definition) is 2. The van der Waals surface area contributed by atoms with Crippen LogP contribution in [-0.4, -0.2) is 21.1 Å². The molecule has 4 rings (SSSR count). The van der Waals surface area contributed by atoms with E-state index in [-0.39, 0.29) is 16.7 Å². The Morgan fingerprint density at radius 3 is 2.58 bits per heavy atom. The number of benzene rings is 2. The van der Waals surface area contributed by atoms with Crippen molar-refractivity contribution in [1.82, 2.24) is 9.97 Å². The molecule has 4 aromatic rings. The second-order valence-electron chi connectivity index (χ2n) is 6.58. The van der Waals surface area contributed by atoms with E-state index in [1.165, 1.54) is 23.5 Å². The molecule has 0 saturated heterocycles. The zero-order valence-corrected chi connectivity index (χ0v) is 17.5. The van der Waals surface area contributed by atoms with Crippen molar-refractivity contribution in [2.24, 2.45) is 0 Å². The first-order chi connectivity index (χ1) is 14.8. The maximum atomic E-state index is 13.7. The summed E-state index contributed by atoms with van der Waals surface area (Å²) in [5, 5.41) is 3.93. The lowest BCUT2D eigenvalue weighted by molar-refractivity contribution is -0.115. The molecule has 2 aromatic carbocycles. The second-order valence-corrected chi connectivity index (χ2v) is 8.77. The lowest BCUT2D eigenvalue weighted by Gasteiger charge is -2.12. The van der Waals surface area contributed by atoms with E-state index in [1.54, 1.807) is 24.4 Å². The minimum absolute atomic E-state index is 0.215. The molecule has 10 heteroatoms. The van der Waals surface area contributed by atoms with Crippen LogP contribution in [0.2, 0.25) is 0 Å². The smallest absolute Gasteiger partial charge is 0.260 e. The average Bonchev–Trinajstić information content (AvgIpc) is 3.15. The van der Waals surface area contributed by atoms with Gasteiger partial charge >= 0.3 is 0 Å². The minimum Gasteiger partial charge on any atom is -0.323 e. The zero-order chi connectivity index (χ0) is 22.1. The van der Waals surface area contributed by atoms with E-state index in [2.05, 4.69) is 15.3 Å². The standard InChI is InChI=1S/C21H14F3N3O2S2/c1-10(18(28)25-16-8-13(23)6-7-15(16)24)31-21-26-19(29)17-14(9-30-20(17)27-21)11-2-4-12(22)5-3-11/h2-10H,1H3,(H,25,28)(H,26,27,29). The average molecular weight is 461 g/mol. The van der Waals surface area contributed by atoms with Gasteiger partial charge in [0, 0.05) is 17.0 Å². The van der Waals surface area contributed by atoms with Gasteiger partial charge in [-0.1, -0.05) is 23.9 Å². The van der Waals surface area contributed by atoms with Gasteiger partial charge in [-0.3, -0.25) is 9.59 Å². The highest BCUT2D eigenvalue weighted by molar-refractivity contribution is 8.00. The van der Waals surface area contributed by atoms with E-state index in [4.69, 9.17) is 0 Å². The zero-order valence-electron chi connectivity index (χ0n) is 15.9. The topological polar surface area (TPSA) is 74.8 Å². The van der Waals surface area contributed by atoms with Gasteiger partial charge in [-0.05, 0) is 36.8 Å². The normalized spacial score (nSPS) is 12.1. The van der Waals surface area contributed by atoms with Crippen LogP contribution in [0, 0.1) is 17.5 Å². The predicted molar refractivity (Wildman–Crippen MR) is 116 cm³/mol. The molecule has 0 spiro atoms. The molecule has 0 aliphatic heterocycles. The number of rotatable bonds is 5. The van der Waals surface area contributed by atoms with Gasteiger partial charge in [0.05, 0.1) is 16.3 Å². The number of amides is 1. The Balaban J connectivity index is 1.56. The fourth-order valence-corrected chi connectivity index (χ4v) is 4.68. The van der Waals surface area contributed by atoms with Crippen LogP contribution < -0.4 is 10.9 Å². The SMILES string of the molecule is CC(Sc1nc2scc(-c3ccc(F)cc3)c2c(=O)[nH]1)C(=O)Nc1cc(F)ccc1F. The van der Waals surface area contributed by atoms with Gasteiger partial charge in [0.2, 0.25) is 5.91 Å². The van der Waals surface area contributed by atoms with Crippen LogP contribution in [0.5, 0.6) is 0 Å². The molecule has 2 heterocycles. The van der Waals surface area contributed by atoms with Gasteiger partial charge < -0.3 is 10.3 Å². The number of H-pyrrole nitrogens is 1. The van der Waals surface area contributed by atoms with Gasteiger partial charge in [-0.25, -0.2) is 18.2 Å². The number of fused-ring (bicyclic) bond motifs is 1. The van der Waals surface area contributed by atoms with E-state index < -0.39 is 28.4 Å². The van der Waals surface area contributed by atoms with Gasteiger partial charge in [0.1, 0.15) is 22.3 Å². The van der Waals surface area contributed by atoms with E-state index in [0.29, 0.717) is 21.3 Å². The van der Waals surface area contributed by atoms with Crippen molar-refractivity contribution in [3.05, 3.63) is 75.7 Å². The molecule has 1 amide bonds. The Labute approximate surface area is 182 Å². The van der Waals surface area contributed by atoms with Crippen LogP contribution in [0.3, 0.4) is 0 Å². The van der Waals surface area contributed by atoms with Gasteiger partial charge in [-0.2, -0.15) is 0 Å². The molecule has 1 unspecified atom stereocenters. The third-order valence-electron chi connectivity index (χ3n) is 4.42. The van der Waals surface area contributed by atoms with Crippen molar-refractivity contribution < 1.29 is 18.0 Å². The first-order valence-electron chi connectivity index (χ1n) is 9.02. The summed E-state index contributed by atoms with van der Waals surface area (Å²) in [6, 6.07) is 8.55. The number of thiophene rings is 1. The van der Waals surface area contributed by atoms with Crippen molar-refractivity contribution in [1.29, 1.82) is 0 Å². The minimum atomic E-state index is -0.758. The first kappa shape index (κ1) is 21.1. The Morgan fingerprint density at radius 2 is 1.84 bits per heavy atom. The molecule has 2 aromatic heterocycles. The maximum absolute atomic E-state index is 13.7. The van der Waals surface area contributed by atoms with Crippen LogP contribution in [0.1, 0.15) is 6.92 Å². The number of anilines is 1. The molecule has 0 saturated carbocycles. The van der Waals surface area contributed by atoms with Crippen LogP contribution in [0.4, 0.5) is 18.9 Å². The Morgan fingerprint density at radius 1 is 1.13 bits per heavy atom. The van der Waals surface area contributed by atoms with Crippen molar-refractivity contribution in [3.8, 4) is 11.1 Å². The molecule has 1 atom stereocenters. The number of thioether (sulfide) groups is 1. The summed E-state index contributed by atoms with van der Waals surface area (Å²) in [4.78, 5) is 32.6. The molecular weight excluding hydrogens is 447 g/mol. The number of aromatic nitrogens is 2. The summed E-state index contributed by atoms with van der Waals surface area (Å²) >= 11 is 2.23. The number of nitrogens with one attached hydrogen (secondary N) is 2.